The molecule has 0 atom stereocenters. The van der Waals surface area contributed by atoms with E-state index < -0.39 is 0 Å². The average Bonchev–Trinajstić information content (AvgIpc) is 2.69. The highest BCUT2D eigenvalue weighted by molar-refractivity contribution is 5.89. The van der Waals surface area contributed by atoms with Crippen molar-refractivity contribution in [3.05, 3.63) is 71.3 Å². The van der Waals surface area contributed by atoms with Crippen LogP contribution >= 0.6 is 0 Å². The molecule has 4 nitrogen and oxygen atoms in total. The second-order valence-corrected chi connectivity index (χ2v) is 6.15. The van der Waals surface area contributed by atoms with Crippen LogP contribution in [0, 0.1) is 29.6 Å². The molecule has 0 spiro atoms. The molecule has 1 aliphatic rings. The molecule has 0 saturated heterocycles. The molecular formula is C23H18O4. The first-order valence-corrected chi connectivity index (χ1v) is 8.61. The van der Waals surface area contributed by atoms with Crippen LogP contribution in [-0.2, 0) is 9.47 Å². The highest BCUT2D eigenvalue weighted by Gasteiger charge is 2.31. The van der Waals surface area contributed by atoms with E-state index in [9.17, 15) is 9.59 Å². The van der Waals surface area contributed by atoms with Gasteiger partial charge in [0.1, 0.15) is 6.10 Å². The Hall–Kier alpha value is -3.50. The minimum atomic E-state index is -0.373. The molecular weight excluding hydrogens is 340 g/mol. The predicted octanol–water partition coefficient (Wildman–Crippen LogP) is 3.46. The van der Waals surface area contributed by atoms with Gasteiger partial charge in [0, 0.05) is 11.5 Å². The largest absolute Gasteiger partial charge is 0.465 e. The fraction of sp³-hybridized carbons (Fsp3) is 0.217. The maximum atomic E-state index is 11.9. The van der Waals surface area contributed by atoms with Gasteiger partial charge in [0.2, 0.25) is 0 Å². The van der Waals surface area contributed by atoms with Gasteiger partial charge in [-0.15, -0.1) is 0 Å². The van der Waals surface area contributed by atoms with Gasteiger partial charge in [-0.05, 0) is 61.1 Å². The number of ether oxygens (including phenoxy) is 2. The number of hydrogen-bond acceptors (Lipinski definition) is 4. The van der Waals surface area contributed by atoms with Crippen LogP contribution in [0.4, 0.5) is 0 Å². The summed E-state index contributed by atoms with van der Waals surface area (Å²) in [6.45, 7) is 0. The van der Waals surface area contributed by atoms with Crippen LogP contribution in [0.15, 0.2) is 54.6 Å². The molecule has 4 heteroatoms. The zero-order valence-electron chi connectivity index (χ0n) is 14.9. The van der Waals surface area contributed by atoms with Crippen molar-refractivity contribution in [1.29, 1.82) is 0 Å². The summed E-state index contributed by atoms with van der Waals surface area (Å²) in [6, 6.07) is 15.8. The molecule has 2 aromatic rings. The number of hydrogen-bond donors (Lipinski definition) is 0. The molecule has 27 heavy (non-hydrogen) atoms. The molecule has 0 heterocycles. The van der Waals surface area contributed by atoms with Gasteiger partial charge in [-0.1, -0.05) is 30.0 Å². The summed E-state index contributed by atoms with van der Waals surface area (Å²) in [5.74, 6) is 11.2. The van der Waals surface area contributed by atoms with Gasteiger partial charge >= 0.3 is 11.9 Å². The third-order valence-corrected chi connectivity index (χ3v) is 4.23. The predicted molar refractivity (Wildman–Crippen MR) is 101 cm³/mol. The lowest BCUT2D eigenvalue weighted by Crippen LogP contribution is -2.32. The van der Waals surface area contributed by atoms with E-state index >= 15 is 0 Å². The molecule has 134 valence electrons. The van der Waals surface area contributed by atoms with Crippen molar-refractivity contribution in [2.24, 2.45) is 5.92 Å². The van der Waals surface area contributed by atoms with E-state index in [1.54, 1.807) is 36.4 Å². The van der Waals surface area contributed by atoms with E-state index in [4.69, 9.17) is 4.74 Å². The molecule has 0 bridgehead atoms. The summed E-state index contributed by atoms with van der Waals surface area (Å²) in [6.07, 6.45) is 1.40. The molecule has 1 saturated carbocycles. The summed E-state index contributed by atoms with van der Waals surface area (Å²) < 4.78 is 10.1. The second kappa shape index (κ2) is 8.74. The molecule has 0 unspecified atom stereocenters. The van der Waals surface area contributed by atoms with E-state index in [1.165, 1.54) is 7.11 Å². The number of carbonyl (C=O) groups excluding carboxylic acids is 2. The monoisotopic (exact) mass is 358 g/mol. The normalized spacial score (nSPS) is 17.2. The summed E-state index contributed by atoms with van der Waals surface area (Å²) in [7, 11) is 1.35. The molecule has 1 aliphatic carbocycles. The average molecular weight is 358 g/mol. The van der Waals surface area contributed by atoms with Crippen LogP contribution in [0.25, 0.3) is 0 Å². The first-order valence-electron chi connectivity index (χ1n) is 8.61. The summed E-state index contributed by atoms with van der Waals surface area (Å²) in [5, 5.41) is 0. The fourth-order valence-electron chi connectivity index (χ4n) is 2.62. The Labute approximate surface area is 158 Å². The van der Waals surface area contributed by atoms with Crippen LogP contribution in [0.1, 0.15) is 39.1 Å². The van der Waals surface area contributed by atoms with Crippen LogP contribution < -0.4 is 0 Å². The smallest absolute Gasteiger partial charge is 0.338 e. The zero-order chi connectivity index (χ0) is 19.1. The number of benzene rings is 2. The van der Waals surface area contributed by atoms with Gasteiger partial charge in [-0.25, -0.2) is 9.59 Å². The lowest BCUT2D eigenvalue weighted by Gasteiger charge is -2.31. The first-order chi connectivity index (χ1) is 13.2. The van der Waals surface area contributed by atoms with Gasteiger partial charge in [-0.2, -0.15) is 0 Å². The van der Waals surface area contributed by atoms with Crippen molar-refractivity contribution in [2.75, 3.05) is 7.11 Å². The Morgan fingerprint density at radius 1 is 0.889 bits per heavy atom. The Bertz CT molecular complexity index is 931. The Morgan fingerprint density at radius 2 is 1.56 bits per heavy atom. The van der Waals surface area contributed by atoms with Crippen LogP contribution in [0.2, 0.25) is 0 Å². The van der Waals surface area contributed by atoms with Gasteiger partial charge in [-0.3, -0.25) is 0 Å². The summed E-state index contributed by atoms with van der Waals surface area (Å²) in [5.41, 5.74) is 1.83. The van der Waals surface area contributed by atoms with Crippen molar-refractivity contribution in [3.63, 3.8) is 0 Å². The minimum Gasteiger partial charge on any atom is -0.465 e. The highest BCUT2D eigenvalue weighted by Crippen LogP contribution is 2.30. The van der Waals surface area contributed by atoms with Gasteiger partial charge in [0.15, 0.2) is 0 Å². The molecule has 0 aliphatic heterocycles. The molecule has 1 fully saturated rings. The maximum absolute atomic E-state index is 11.9. The van der Waals surface area contributed by atoms with Gasteiger partial charge in [0.05, 0.1) is 18.2 Å². The highest BCUT2D eigenvalue weighted by atomic mass is 16.5. The lowest BCUT2D eigenvalue weighted by molar-refractivity contribution is -0.00119. The maximum Gasteiger partial charge on any atom is 0.338 e. The minimum absolute atomic E-state index is 0.0733. The van der Waals surface area contributed by atoms with Crippen molar-refractivity contribution in [1.82, 2.24) is 0 Å². The zero-order valence-corrected chi connectivity index (χ0v) is 14.9. The SMILES string of the molecule is COC(=O)c1ccc(C#CC#CC2CC(OC(=O)c3ccccc3)C2)cc1. The van der Waals surface area contributed by atoms with Crippen molar-refractivity contribution < 1.29 is 19.1 Å². The quantitative estimate of drug-likeness (QED) is 0.623. The second-order valence-electron chi connectivity index (χ2n) is 6.15. The van der Waals surface area contributed by atoms with E-state index in [1.807, 2.05) is 18.2 Å². The molecule has 2 aromatic carbocycles. The number of esters is 2. The van der Waals surface area contributed by atoms with Crippen LogP contribution in [-0.4, -0.2) is 25.2 Å². The number of carbonyl (C=O) groups is 2. The third kappa shape index (κ3) is 5.00. The molecule has 0 aromatic heterocycles. The van der Waals surface area contributed by atoms with E-state index in [0.717, 1.165) is 18.4 Å². The van der Waals surface area contributed by atoms with Crippen molar-refractivity contribution in [3.8, 4) is 23.7 Å². The number of rotatable bonds is 3. The summed E-state index contributed by atoms with van der Waals surface area (Å²) in [4.78, 5) is 23.3. The third-order valence-electron chi connectivity index (χ3n) is 4.23. The van der Waals surface area contributed by atoms with E-state index in [0.29, 0.717) is 11.1 Å². The Balaban J connectivity index is 1.45. The van der Waals surface area contributed by atoms with Gasteiger partial charge in [0.25, 0.3) is 0 Å². The fourth-order valence-corrected chi connectivity index (χ4v) is 2.62. The Morgan fingerprint density at radius 3 is 2.22 bits per heavy atom. The lowest BCUT2D eigenvalue weighted by atomic mass is 9.83. The first kappa shape index (κ1) is 18.3. The van der Waals surface area contributed by atoms with Gasteiger partial charge < -0.3 is 9.47 Å². The topological polar surface area (TPSA) is 52.6 Å². The van der Waals surface area contributed by atoms with E-state index in [2.05, 4.69) is 28.4 Å². The molecule has 3 rings (SSSR count). The molecule has 0 N–H and O–H groups in total. The van der Waals surface area contributed by atoms with Crippen molar-refractivity contribution >= 4 is 11.9 Å². The standard InChI is InChI=1S/C23H18O4/c1-26-22(24)20-13-11-17(12-14-20)7-5-6-8-18-15-21(16-18)27-23(25)19-9-3-2-4-10-19/h2-4,9-14,18,21H,15-16H2,1H3. The Kier molecular flexibility index (Phi) is 5.92. The number of methoxy groups -OCH3 is 1. The van der Waals surface area contributed by atoms with E-state index in [-0.39, 0.29) is 24.0 Å². The summed E-state index contributed by atoms with van der Waals surface area (Å²) >= 11 is 0. The molecule has 0 amide bonds. The van der Waals surface area contributed by atoms with Crippen LogP contribution in [0.5, 0.6) is 0 Å². The van der Waals surface area contributed by atoms with Crippen molar-refractivity contribution in [2.45, 2.75) is 18.9 Å². The molecule has 0 radical (unpaired) electrons. The van der Waals surface area contributed by atoms with Crippen LogP contribution in [0.3, 0.4) is 0 Å².